The van der Waals surface area contributed by atoms with Crippen molar-refractivity contribution in [2.45, 2.75) is 32.3 Å². The van der Waals surface area contributed by atoms with Crippen LogP contribution in [0.2, 0.25) is 0 Å². The lowest BCUT2D eigenvalue weighted by molar-refractivity contribution is -0.142. The van der Waals surface area contributed by atoms with Crippen LogP contribution in [0.1, 0.15) is 26.2 Å². The van der Waals surface area contributed by atoms with Crippen molar-refractivity contribution in [1.82, 2.24) is 15.1 Å². The highest BCUT2D eigenvalue weighted by atomic mass is 16.5. The summed E-state index contributed by atoms with van der Waals surface area (Å²) in [7, 11) is 1.80. The summed E-state index contributed by atoms with van der Waals surface area (Å²) in [5.41, 5.74) is 0. The molecule has 2 aliphatic heterocycles. The maximum Gasteiger partial charge on any atom is 0.251 e. The van der Waals surface area contributed by atoms with E-state index in [1.165, 1.54) is 0 Å². The van der Waals surface area contributed by atoms with Crippen LogP contribution in [0.3, 0.4) is 0 Å². The molecule has 0 aromatic heterocycles. The van der Waals surface area contributed by atoms with Gasteiger partial charge in [-0.3, -0.25) is 9.79 Å². The summed E-state index contributed by atoms with van der Waals surface area (Å²) in [6.07, 6.45) is 2.61. The van der Waals surface area contributed by atoms with Gasteiger partial charge < -0.3 is 24.6 Å². The molecule has 1 atom stereocenters. The number of hydrogen-bond donors (Lipinski definition) is 1. The average Bonchev–Trinajstić information content (AvgIpc) is 3.12. The molecule has 1 amide bonds. The van der Waals surface area contributed by atoms with Crippen molar-refractivity contribution >= 4 is 11.9 Å². The van der Waals surface area contributed by atoms with Crippen molar-refractivity contribution in [3.05, 3.63) is 0 Å². The molecule has 2 rings (SSSR count). The van der Waals surface area contributed by atoms with E-state index in [-0.39, 0.29) is 12.0 Å². The van der Waals surface area contributed by atoms with E-state index in [1.54, 1.807) is 7.05 Å². The third-order valence-electron chi connectivity index (χ3n) is 4.26. The molecule has 1 unspecified atom stereocenters. The lowest BCUT2D eigenvalue weighted by Gasteiger charge is -2.37. The zero-order valence-electron chi connectivity index (χ0n) is 14.4. The Labute approximate surface area is 139 Å². The molecular formula is C16H30N4O3. The Hall–Kier alpha value is -1.34. The summed E-state index contributed by atoms with van der Waals surface area (Å²) in [4.78, 5) is 20.8. The first-order valence-corrected chi connectivity index (χ1v) is 8.70. The van der Waals surface area contributed by atoms with Crippen LogP contribution in [0.5, 0.6) is 0 Å². The zero-order chi connectivity index (χ0) is 16.5. The molecule has 0 saturated carbocycles. The van der Waals surface area contributed by atoms with Gasteiger partial charge in [0, 0.05) is 59.6 Å². The molecule has 2 fully saturated rings. The first-order valence-electron chi connectivity index (χ1n) is 8.70. The summed E-state index contributed by atoms with van der Waals surface area (Å²) in [5.74, 6) is 1.06. The second kappa shape index (κ2) is 9.72. The smallest absolute Gasteiger partial charge is 0.251 e. The van der Waals surface area contributed by atoms with Crippen molar-refractivity contribution in [1.29, 1.82) is 0 Å². The van der Waals surface area contributed by atoms with Gasteiger partial charge >= 0.3 is 0 Å². The van der Waals surface area contributed by atoms with E-state index in [9.17, 15) is 4.79 Å². The Balaban J connectivity index is 1.70. The van der Waals surface area contributed by atoms with E-state index in [0.29, 0.717) is 6.61 Å². The van der Waals surface area contributed by atoms with Gasteiger partial charge in [-0.15, -0.1) is 0 Å². The van der Waals surface area contributed by atoms with Crippen molar-refractivity contribution in [3.8, 4) is 0 Å². The van der Waals surface area contributed by atoms with Crippen LogP contribution in [0.25, 0.3) is 0 Å². The zero-order valence-corrected chi connectivity index (χ0v) is 14.4. The number of rotatable bonds is 6. The van der Waals surface area contributed by atoms with Crippen LogP contribution in [0, 0.1) is 0 Å². The van der Waals surface area contributed by atoms with Crippen molar-refractivity contribution in [2.24, 2.45) is 4.99 Å². The van der Waals surface area contributed by atoms with Gasteiger partial charge in [-0.25, -0.2) is 0 Å². The standard InChI is InChI=1S/C16H30N4O3/c1-3-22-12-5-7-18-16(17-2)20-10-8-19(9-11-20)15(21)14-6-4-13-23-14/h14H,3-13H2,1-2H3,(H,17,18). The number of nitrogens with one attached hydrogen (secondary N) is 1. The molecular weight excluding hydrogens is 296 g/mol. The van der Waals surface area contributed by atoms with Gasteiger partial charge in [0.25, 0.3) is 5.91 Å². The van der Waals surface area contributed by atoms with E-state index in [4.69, 9.17) is 9.47 Å². The van der Waals surface area contributed by atoms with E-state index < -0.39 is 0 Å². The number of carbonyl (C=O) groups excluding carboxylic acids is 1. The quantitative estimate of drug-likeness (QED) is 0.432. The highest BCUT2D eigenvalue weighted by Gasteiger charge is 2.30. The molecule has 23 heavy (non-hydrogen) atoms. The van der Waals surface area contributed by atoms with Crippen LogP contribution in [-0.2, 0) is 14.3 Å². The number of nitrogens with zero attached hydrogens (tertiary/aromatic N) is 3. The lowest BCUT2D eigenvalue weighted by atomic mass is 10.2. The van der Waals surface area contributed by atoms with Gasteiger partial charge in [0.1, 0.15) is 6.10 Å². The van der Waals surface area contributed by atoms with Gasteiger partial charge in [0.05, 0.1) is 0 Å². The Morgan fingerprint density at radius 2 is 2.04 bits per heavy atom. The number of ether oxygens (including phenoxy) is 2. The molecule has 1 N–H and O–H groups in total. The van der Waals surface area contributed by atoms with E-state index in [0.717, 1.165) is 71.2 Å². The minimum Gasteiger partial charge on any atom is -0.382 e. The number of guanidine groups is 1. The monoisotopic (exact) mass is 326 g/mol. The molecule has 7 heteroatoms. The van der Waals surface area contributed by atoms with Crippen molar-refractivity contribution in [3.63, 3.8) is 0 Å². The Bertz CT molecular complexity index is 389. The van der Waals surface area contributed by atoms with Gasteiger partial charge in [-0.05, 0) is 26.2 Å². The van der Waals surface area contributed by atoms with Crippen LogP contribution < -0.4 is 5.32 Å². The fraction of sp³-hybridized carbons (Fsp3) is 0.875. The number of hydrogen-bond acceptors (Lipinski definition) is 4. The van der Waals surface area contributed by atoms with Crippen LogP contribution in [-0.4, -0.2) is 87.4 Å². The van der Waals surface area contributed by atoms with E-state index in [2.05, 4.69) is 15.2 Å². The summed E-state index contributed by atoms with van der Waals surface area (Å²) in [6.45, 7) is 8.18. The molecule has 7 nitrogen and oxygen atoms in total. The number of carbonyl (C=O) groups is 1. The maximum atomic E-state index is 12.3. The fourth-order valence-electron chi connectivity index (χ4n) is 2.97. The summed E-state index contributed by atoms with van der Waals surface area (Å²) < 4.78 is 10.8. The molecule has 2 aliphatic rings. The summed E-state index contributed by atoms with van der Waals surface area (Å²) >= 11 is 0. The number of piperazine rings is 1. The molecule has 132 valence electrons. The first kappa shape index (κ1) is 18.0. The third-order valence-corrected chi connectivity index (χ3v) is 4.26. The largest absolute Gasteiger partial charge is 0.382 e. The van der Waals surface area contributed by atoms with Crippen LogP contribution in [0.15, 0.2) is 4.99 Å². The predicted molar refractivity (Wildman–Crippen MR) is 89.6 cm³/mol. The van der Waals surface area contributed by atoms with Gasteiger partial charge in [-0.2, -0.15) is 0 Å². The van der Waals surface area contributed by atoms with Crippen LogP contribution >= 0.6 is 0 Å². The fourth-order valence-corrected chi connectivity index (χ4v) is 2.97. The van der Waals surface area contributed by atoms with Gasteiger partial charge in [0.2, 0.25) is 0 Å². The Kier molecular flexibility index (Phi) is 7.61. The minimum absolute atomic E-state index is 0.154. The summed E-state index contributed by atoms with van der Waals surface area (Å²) in [6, 6.07) is 0. The Morgan fingerprint density at radius 1 is 1.30 bits per heavy atom. The molecule has 0 aromatic rings. The molecule has 0 bridgehead atoms. The van der Waals surface area contributed by atoms with Gasteiger partial charge in [-0.1, -0.05) is 0 Å². The van der Waals surface area contributed by atoms with E-state index >= 15 is 0 Å². The SMILES string of the molecule is CCOCCCNC(=NC)N1CCN(C(=O)C2CCCO2)CC1. The maximum absolute atomic E-state index is 12.3. The third kappa shape index (κ3) is 5.35. The Morgan fingerprint density at radius 3 is 2.65 bits per heavy atom. The molecule has 0 aliphatic carbocycles. The highest BCUT2D eigenvalue weighted by molar-refractivity contribution is 5.82. The second-order valence-corrected chi connectivity index (χ2v) is 5.84. The molecule has 0 radical (unpaired) electrons. The van der Waals surface area contributed by atoms with Gasteiger partial charge in [0.15, 0.2) is 5.96 Å². The molecule has 2 saturated heterocycles. The normalized spacial score (nSPS) is 22.5. The van der Waals surface area contributed by atoms with Crippen molar-refractivity contribution < 1.29 is 14.3 Å². The summed E-state index contributed by atoms with van der Waals surface area (Å²) in [5, 5.41) is 3.36. The number of aliphatic imine (C=N–C) groups is 1. The molecule has 0 spiro atoms. The molecule has 0 aromatic carbocycles. The van der Waals surface area contributed by atoms with Crippen LogP contribution in [0.4, 0.5) is 0 Å². The second-order valence-electron chi connectivity index (χ2n) is 5.84. The first-order chi connectivity index (χ1) is 11.3. The molecule has 2 heterocycles. The average molecular weight is 326 g/mol. The minimum atomic E-state index is -0.211. The topological polar surface area (TPSA) is 66.4 Å². The highest BCUT2D eigenvalue weighted by Crippen LogP contribution is 2.16. The predicted octanol–water partition coefficient (Wildman–Crippen LogP) is 0.312. The lowest BCUT2D eigenvalue weighted by Crippen LogP contribution is -2.55. The van der Waals surface area contributed by atoms with E-state index in [1.807, 2.05) is 11.8 Å². The number of amides is 1. The van der Waals surface area contributed by atoms with Crippen molar-refractivity contribution in [2.75, 3.05) is 59.6 Å².